The number of carbonyl (C=O) groups is 2. The SMILES string of the molecule is C#CC[C@@H](NC(=O)[C@H]1CCCO1)C(N)=O. The molecule has 1 heterocycles. The van der Waals surface area contributed by atoms with Crippen LogP contribution in [-0.4, -0.2) is 30.6 Å². The summed E-state index contributed by atoms with van der Waals surface area (Å²) in [6, 6.07) is -0.799. The molecule has 1 fully saturated rings. The van der Waals surface area contributed by atoms with Crippen LogP contribution >= 0.6 is 0 Å². The van der Waals surface area contributed by atoms with Crippen molar-refractivity contribution in [1.82, 2.24) is 5.32 Å². The van der Waals surface area contributed by atoms with Crippen LogP contribution in [0.1, 0.15) is 19.3 Å². The van der Waals surface area contributed by atoms with Gasteiger partial charge in [-0.2, -0.15) is 0 Å². The third kappa shape index (κ3) is 3.26. The second-order valence-electron chi connectivity index (χ2n) is 3.37. The van der Waals surface area contributed by atoms with Crippen molar-refractivity contribution in [3.05, 3.63) is 0 Å². The van der Waals surface area contributed by atoms with Crippen molar-refractivity contribution >= 4 is 11.8 Å². The summed E-state index contributed by atoms with van der Waals surface area (Å²) < 4.78 is 5.16. The molecule has 0 bridgehead atoms. The Bertz CT molecular complexity index is 290. The molecule has 2 amide bonds. The fourth-order valence-corrected chi connectivity index (χ4v) is 1.39. The summed E-state index contributed by atoms with van der Waals surface area (Å²) in [5.74, 6) is 1.35. The van der Waals surface area contributed by atoms with Gasteiger partial charge in [0.05, 0.1) is 0 Å². The van der Waals surface area contributed by atoms with E-state index in [1.165, 1.54) is 0 Å². The molecule has 2 atom stereocenters. The zero-order valence-corrected chi connectivity index (χ0v) is 8.36. The van der Waals surface area contributed by atoms with E-state index in [0.29, 0.717) is 13.0 Å². The van der Waals surface area contributed by atoms with E-state index in [9.17, 15) is 9.59 Å². The molecule has 1 saturated heterocycles. The van der Waals surface area contributed by atoms with Crippen LogP contribution in [0.3, 0.4) is 0 Å². The van der Waals surface area contributed by atoms with Gasteiger partial charge in [0.2, 0.25) is 11.8 Å². The maximum absolute atomic E-state index is 11.5. The van der Waals surface area contributed by atoms with Gasteiger partial charge in [0.1, 0.15) is 12.1 Å². The maximum atomic E-state index is 11.5. The van der Waals surface area contributed by atoms with Crippen LogP contribution in [0.4, 0.5) is 0 Å². The largest absolute Gasteiger partial charge is 0.368 e. The monoisotopic (exact) mass is 210 g/mol. The van der Waals surface area contributed by atoms with Gasteiger partial charge in [-0.3, -0.25) is 9.59 Å². The highest BCUT2D eigenvalue weighted by molar-refractivity contribution is 5.88. The van der Waals surface area contributed by atoms with Crippen molar-refractivity contribution in [3.63, 3.8) is 0 Å². The molecule has 5 heteroatoms. The molecule has 1 aliphatic rings. The topological polar surface area (TPSA) is 81.4 Å². The lowest BCUT2D eigenvalue weighted by molar-refractivity contribution is -0.133. The second kappa shape index (κ2) is 5.37. The van der Waals surface area contributed by atoms with Crippen LogP contribution in [0.25, 0.3) is 0 Å². The number of hydrogen-bond acceptors (Lipinski definition) is 3. The summed E-state index contributed by atoms with van der Waals surface area (Å²) in [5, 5.41) is 2.48. The van der Waals surface area contributed by atoms with E-state index in [1.807, 2.05) is 0 Å². The van der Waals surface area contributed by atoms with Gasteiger partial charge < -0.3 is 15.8 Å². The van der Waals surface area contributed by atoms with Crippen LogP contribution in [0.2, 0.25) is 0 Å². The number of nitrogens with one attached hydrogen (secondary N) is 1. The molecule has 5 nitrogen and oxygen atoms in total. The first-order valence-electron chi connectivity index (χ1n) is 4.80. The third-order valence-corrected chi connectivity index (χ3v) is 2.20. The molecule has 1 rings (SSSR count). The lowest BCUT2D eigenvalue weighted by Gasteiger charge is -2.15. The van der Waals surface area contributed by atoms with E-state index in [0.717, 1.165) is 6.42 Å². The lowest BCUT2D eigenvalue weighted by atomic mass is 10.1. The molecule has 1 aliphatic heterocycles. The number of terminal acetylenes is 1. The summed E-state index contributed by atoms with van der Waals surface area (Å²) in [6.45, 7) is 0.578. The van der Waals surface area contributed by atoms with Crippen LogP contribution < -0.4 is 11.1 Å². The van der Waals surface area contributed by atoms with Gasteiger partial charge in [0, 0.05) is 13.0 Å². The molecule has 0 radical (unpaired) electrons. The van der Waals surface area contributed by atoms with E-state index in [1.54, 1.807) is 0 Å². The fourth-order valence-electron chi connectivity index (χ4n) is 1.39. The van der Waals surface area contributed by atoms with E-state index in [-0.39, 0.29) is 12.3 Å². The van der Waals surface area contributed by atoms with Gasteiger partial charge in [0.25, 0.3) is 0 Å². The number of hydrogen-bond donors (Lipinski definition) is 2. The minimum Gasteiger partial charge on any atom is -0.368 e. The molecule has 0 aromatic carbocycles. The van der Waals surface area contributed by atoms with Gasteiger partial charge in [-0.15, -0.1) is 12.3 Å². The van der Waals surface area contributed by atoms with Crippen molar-refractivity contribution < 1.29 is 14.3 Å². The standard InChI is InChI=1S/C10H14N2O3/c1-2-4-7(9(11)13)12-10(14)8-5-3-6-15-8/h1,7-8H,3-6H2,(H2,11,13)(H,12,14)/t7-,8-/m1/s1. The van der Waals surface area contributed by atoms with Crippen LogP contribution in [0.15, 0.2) is 0 Å². The van der Waals surface area contributed by atoms with Crippen LogP contribution in [0, 0.1) is 12.3 Å². The van der Waals surface area contributed by atoms with E-state index < -0.39 is 18.1 Å². The fraction of sp³-hybridized carbons (Fsp3) is 0.600. The number of nitrogens with two attached hydrogens (primary N) is 1. The summed E-state index contributed by atoms with van der Waals surface area (Å²) in [4.78, 5) is 22.4. The molecule has 0 saturated carbocycles. The summed E-state index contributed by atoms with van der Waals surface area (Å²) >= 11 is 0. The quantitative estimate of drug-likeness (QED) is 0.593. The Labute approximate surface area is 88.3 Å². The summed E-state index contributed by atoms with van der Waals surface area (Å²) in [5.41, 5.74) is 5.08. The third-order valence-electron chi connectivity index (χ3n) is 2.20. The van der Waals surface area contributed by atoms with E-state index >= 15 is 0 Å². The van der Waals surface area contributed by atoms with Crippen molar-refractivity contribution in [1.29, 1.82) is 0 Å². The molecule has 82 valence electrons. The van der Waals surface area contributed by atoms with Gasteiger partial charge >= 0.3 is 0 Å². The van der Waals surface area contributed by atoms with Crippen molar-refractivity contribution in [2.45, 2.75) is 31.4 Å². The number of primary amides is 1. The predicted molar refractivity (Wildman–Crippen MR) is 53.5 cm³/mol. The van der Waals surface area contributed by atoms with Gasteiger partial charge in [-0.05, 0) is 12.8 Å². The predicted octanol–water partition coefficient (Wildman–Crippen LogP) is -0.841. The Balaban J connectivity index is 2.46. The minimum atomic E-state index is -0.799. The van der Waals surface area contributed by atoms with Gasteiger partial charge in [-0.25, -0.2) is 0 Å². The van der Waals surface area contributed by atoms with Gasteiger partial charge in [0.15, 0.2) is 0 Å². The second-order valence-corrected chi connectivity index (χ2v) is 3.37. The number of carbonyl (C=O) groups excluding carboxylic acids is 2. The molecule has 0 unspecified atom stereocenters. The Morgan fingerprint density at radius 2 is 2.40 bits per heavy atom. The maximum Gasteiger partial charge on any atom is 0.249 e. The molecular weight excluding hydrogens is 196 g/mol. The molecule has 0 aromatic rings. The molecule has 0 aliphatic carbocycles. The molecule has 0 spiro atoms. The highest BCUT2D eigenvalue weighted by atomic mass is 16.5. The zero-order valence-electron chi connectivity index (χ0n) is 8.36. The van der Waals surface area contributed by atoms with Crippen LogP contribution in [-0.2, 0) is 14.3 Å². The van der Waals surface area contributed by atoms with Crippen molar-refractivity contribution in [2.75, 3.05) is 6.61 Å². The van der Waals surface area contributed by atoms with Gasteiger partial charge in [-0.1, -0.05) is 0 Å². The Morgan fingerprint density at radius 3 is 2.87 bits per heavy atom. The lowest BCUT2D eigenvalue weighted by Crippen LogP contribution is -2.47. The molecular formula is C10H14N2O3. The summed E-state index contributed by atoms with van der Waals surface area (Å²) in [7, 11) is 0. The minimum absolute atomic E-state index is 0.105. The molecule has 15 heavy (non-hydrogen) atoms. The number of rotatable bonds is 4. The smallest absolute Gasteiger partial charge is 0.249 e. The highest BCUT2D eigenvalue weighted by Gasteiger charge is 2.26. The van der Waals surface area contributed by atoms with Crippen LogP contribution in [0.5, 0.6) is 0 Å². The Kier molecular flexibility index (Phi) is 4.13. The Hall–Kier alpha value is -1.54. The number of amides is 2. The Morgan fingerprint density at radius 1 is 1.67 bits per heavy atom. The average Bonchev–Trinajstić information content (AvgIpc) is 2.69. The normalized spacial score (nSPS) is 21.7. The molecule has 3 N–H and O–H groups in total. The molecule has 0 aromatic heterocycles. The highest BCUT2D eigenvalue weighted by Crippen LogP contribution is 2.12. The average molecular weight is 210 g/mol. The van der Waals surface area contributed by atoms with E-state index in [4.69, 9.17) is 16.9 Å². The first kappa shape index (κ1) is 11.5. The van der Waals surface area contributed by atoms with E-state index in [2.05, 4.69) is 11.2 Å². The van der Waals surface area contributed by atoms with Crippen molar-refractivity contribution in [3.8, 4) is 12.3 Å². The number of ether oxygens (including phenoxy) is 1. The summed E-state index contributed by atoms with van der Waals surface area (Å²) in [6.07, 6.45) is 6.22. The zero-order chi connectivity index (χ0) is 11.3. The first-order chi connectivity index (χ1) is 7.15. The van der Waals surface area contributed by atoms with Crippen molar-refractivity contribution in [2.24, 2.45) is 5.73 Å². The first-order valence-corrected chi connectivity index (χ1v) is 4.80.